The van der Waals surface area contributed by atoms with Gasteiger partial charge in [0.1, 0.15) is 6.61 Å². The smallest absolute Gasteiger partial charge is 0.306 e. The summed E-state index contributed by atoms with van der Waals surface area (Å²) >= 11 is 3.33. The number of hydrogen-bond acceptors (Lipinski definition) is 4. The van der Waals surface area contributed by atoms with Gasteiger partial charge in [-0.1, -0.05) is 22.4 Å². The Bertz CT molecular complexity index is 419. The summed E-state index contributed by atoms with van der Waals surface area (Å²) < 4.78 is 5.09. The van der Waals surface area contributed by atoms with E-state index in [0.717, 1.165) is 30.2 Å². The second-order valence-corrected chi connectivity index (χ2v) is 4.88. The maximum atomic E-state index is 11.4. The Labute approximate surface area is 120 Å². The quantitative estimate of drug-likeness (QED) is 0.240. The first-order valence-electron chi connectivity index (χ1n) is 6.08. The number of nitro benzene ring substituents is 1. The molecule has 1 aromatic rings. The molecule has 0 aromatic heterocycles. The summed E-state index contributed by atoms with van der Waals surface area (Å²) in [6.45, 7) is 0.162. The molecule has 0 radical (unpaired) electrons. The van der Waals surface area contributed by atoms with Gasteiger partial charge in [-0.25, -0.2) is 0 Å². The molecular weight excluding hydrogens is 314 g/mol. The fourth-order valence-electron chi connectivity index (χ4n) is 1.49. The molecule has 6 heteroatoms. The van der Waals surface area contributed by atoms with E-state index in [4.69, 9.17) is 4.74 Å². The largest absolute Gasteiger partial charge is 0.461 e. The number of rotatable bonds is 8. The number of alkyl halides is 1. The summed E-state index contributed by atoms with van der Waals surface area (Å²) in [6, 6.07) is 5.99. The van der Waals surface area contributed by atoms with Crippen LogP contribution in [0.5, 0.6) is 0 Å². The molecule has 0 N–H and O–H groups in total. The highest BCUT2D eigenvalue weighted by molar-refractivity contribution is 9.09. The van der Waals surface area contributed by atoms with E-state index in [2.05, 4.69) is 15.9 Å². The first-order valence-corrected chi connectivity index (χ1v) is 7.20. The lowest BCUT2D eigenvalue weighted by Crippen LogP contribution is -2.04. The minimum Gasteiger partial charge on any atom is -0.461 e. The summed E-state index contributed by atoms with van der Waals surface area (Å²) in [4.78, 5) is 21.4. The Balaban J connectivity index is 2.28. The minimum atomic E-state index is -0.459. The Morgan fingerprint density at radius 3 is 2.47 bits per heavy atom. The number of halogens is 1. The molecule has 0 unspecified atom stereocenters. The third kappa shape index (κ3) is 6.33. The van der Waals surface area contributed by atoms with Crippen molar-refractivity contribution in [2.75, 3.05) is 5.33 Å². The average Bonchev–Trinajstić information content (AvgIpc) is 2.42. The van der Waals surface area contributed by atoms with Crippen LogP contribution >= 0.6 is 15.9 Å². The molecule has 0 aliphatic rings. The number of benzene rings is 1. The molecule has 0 heterocycles. The van der Waals surface area contributed by atoms with Gasteiger partial charge in [-0.05, 0) is 30.5 Å². The Morgan fingerprint density at radius 1 is 1.21 bits per heavy atom. The van der Waals surface area contributed by atoms with Crippen LogP contribution in [0.4, 0.5) is 5.69 Å². The molecule has 0 aliphatic carbocycles. The molecule has 5 nitrogen and oxygen atoms in total. The van der Waals surface area contributed by atoms with Gasteiger partial charge in [0, 0.05) is 23.9 Å². The molecule has 0 amide bonds. The van der Waals surface area contributed by atoms with Crippen LogP contribution in [0.2, 0.25) is 0 Å². The lowest BCUT2D eigenvalue weighted by atomic mass is 10.2. The van der Waals surface area contributed by atoms with Crippen molar-refractivity contribution in [3.8, 4) is 0 Å². The SMILES string of the molecule is O=C(CCCCCBr)OCc1ccc([N+](=O)[O-])cc1. The van der Waals surface area contributed by atoms with Crippen LogP contribution in [-0.4, -0.2) is 16.2 Å². The molecule has 104 valence electrons. The molecule has 0 saturated heterocycles. The van der Waals surface area contributed by atoms with Gasteiger partial charge in [0.15, 0.2) is 0 Å². The van der Waals surface area contributed by atoms with E-state index in [1.54, 1.807) is 12.1 Å². The highest BCUT2D eigenvalue weighted by Crippen LogP contribution is 2.13. The van der Waals surface area contributed by atoms with Crippen LogP contribution in [0.15, 0.2) is 24.3 Å². The van der Waals surface area contributed by atoms with E-state index in [1.807, 2.05) is 0 Å². The van der Waals surface area contributed by atoms with Crippen LogP contribution in [0, 0.1) is 10.1 Å². The summed E-state index contributed by atoms with van der Waals surface area (Å²) in [7, 11) is 0. The maximum Gasteiger partial charge on any atom is 0.306 e. The van der Waals surface area contributed by atoms with Gasteiger partial charge < -0.3 is 4.74 Å². The van der Waals surface area contributed by atoms with E-state index >= 15 is 0 Å². The van der Waals surface area contributed by atoms with Gasteiger partial charge in [-0.2, -0.15) is 0 Å². The fraction of sp³-hybridized carbons (Fsp3) is 0.462. The van der Waals surface area contributed by atoms with E-state index in [9.17, 15) is 14.9 Å². The van der Waals surface area contributed by atoms with Crippen LogP contribution in [0.3, 0.4) is 0 Å². The van der Waals surface area contributed by atoms with E-state index in [-0.39, 0.29) is 18.3 Å². The van der Waals surface area contributed by atoms with Crippen LogP contribution in [0.25, 0.3) is 0 Å². The molecule has 0 atom stereocenters. The highest BCUT2D eigenvalue weighted by Gasteiger charge is 2.06. The number of carbonyl (C=O) groups excluding carboxylic acids is 1. The van der Waals surface area contributed by atoms with E-state index < -0.39 is 4.92 Å². The Hall–Kier alpha value is -1.43. The van der Waals surface area contributed by atoms with Crippen molar-refractivity contribution in [1.29, 1.82) is 0 Å². The summed E-state index contributed by atoms with van der Waals surface area (Å²) in [5.41, 5.74) is 0.782. The van der Waals surface area contributed by atoms with Gasteiger partial charge in [0.25, 0.3) is 5.69 Å². The van der Waals surface area contributed by atoms with Crippen molar-refractivity contribution in [2.24, 2.45) is 0 Å². The van der Waals surface area contributed by atoms with Crippen molar-refractivity contribution in [3.05, 3.63) is 39.9 Å². The van der Waals surface area contributed by atoms with E-state index in [0.29, 0.717) is 6.42 Å². The van der Waals surface area contributed by atoms with E-state index in [1.165, 1.54) is 12.1 Å². The highest BCUT2D eigenvalue weighted by atomic mass is 79.9. The number of nitro groups is 1. The monoisotopic (exact) mass is 329 g/mol. The second kappa shape index (κ2) is 8.63. The molecule has 0 aliphatic heterocycles. The fourth-order valence-corrected chi connectivity index (χ4v) is 1.89. The molecule has 0 fully saturated rings. The Kier molecular flexibility index (Phi) is 7.10. The zero-order valence-electron chi connectivity index (χ0n) is 10.5. The van der Waals surface area contributed by atoms with Crippen molar-refractivity contribution in [3.63, 3.8) is 0 Å². The number of hydrogen-bond donors (Lipinski definition) is 0. The van der Waals surface area contributed by atoms with Crippen LogP contribution in [0.1, 0.15) is 31.2 Å². The first-order chi connectivity index (χ1) is 9.13. The third-order valence-electron chi connectivity index (χ3n) is 2.56. The third-order valence-corrected chi connectivity index (χ3v) is 3.12. The molecule has 0 spiro atoms. The number of non-ortho nitro benzene ring substituents is 1. The lowest BCUT2D eigenvalue weighted by molar-refractivity contribution is -0.384. The van der Waals surface area contributed by atoms with Crippen molar-refractivity contribution < 1.29 is 14.5 Å². The number of nitrogens with zero attached hydrogens (tertiary/aromatic N) is 1. The minimum absolute atomic E-state index is 0.0323. The average molecular weight is 330 g/mol. The summed E-state index contributed by atoms with van der Waals surface area (Å²) in [6.07, 6.45) is 3.29. The predicted molar refractivity (Wildman–Crippen MR) is 75.2 cm³/mol. The number of esters is 1. The van der Waals surface area contributed by atoms with Crippen LogP contribution in [-0.2, 0) is 16.1 Å². The number of ether oxygens (including phenoxy) is 1. The van der Waals surface area contributed by atoms with Gasteiger partial charge in [0.2, 0.25) is 0 Å². The zero-order chi connectivity index (χ0) is 14.1. The van der Waals surface area contributed by atoms with Gasteiger partial charge in [-0.15, -0.1) is 0 Å². The normalized spacial score (nSPS) is 10.2. The number of carbonyl (C=O) groups is 1. The molecule has 1 aromatic carbocycles. The topological polar surface area (TPSA) is 69.4 Å². The summed E-state index contributed by atoms with van der Waals surface area (Å²) in [5.74, 6) is -0.229. The van der Waals surface area contributed by atoms with Crippen LogP contribution < -0.4 is 0 Å². The maximum absolute atomic E-state index is 11.4. The molecule has 0 saturated carbocycles. The van der Waals surface area contributed by atoms with Crippen molar-refractivity contribution in [1.82, 2.24) is 0 Å². The van der Waals surface area contributed by atoms with Gasteiger partial charge in [-0.3, -0.25) is 14.9 Å². The first kappa shape index (κ1) is 15.6. The van der Waals surface area contributed by atoms with Gasteiger partial charge in [0.05, 0.1) is 4.92 Å². The molecule has 1 rings (SSSR count). The standard InChI is InChI=1S/C13H16BrNO4/c14-9-3-1-2-4-13(16)19-10-11-5-7-12(8-6-11)15(17)18/h5-8H,1-4,9-10H2. The summed E-state index contributed by atoms with van der Waals surface area (Å²) in [5, 5.41) is 11.4. The van der Waals surface area contributed by atoms with Gasteiger partial charge >= 0.3 is 5.97 Å². The molecular formula is C13H16BrNO4. The molecule has 19 heavy (non-hydrogen) atoms. The zero-order valence-corrected chi connectivity index (χ0v) is 12.1. The predicted octanol–water partition coefficient (Wildman–Crippen LogP) is 3.59. The van der Waals surface area contributed by atoms with Crippen molar-refractivity contribution >= 4 is 27.6 Å². The Morgan fingerprint density at radius 2 is 1.89 bits per heavy atom. The molecule has 0 bridgehead atoms. The van der Waals surface area contributed by atoms with Crippen molar-refractivity contribution in [2.45, 2.75) is 32.3 Å². The number of unbranched alkanes of at least 4 members (excludes halogenated alkanes) is 2. The lowest BCUT2D eigenvalue weighted by Gasteiger charge is -2.04. The second-order valence-electron chi connectivity index (χ2n) is 4.08.